The van der Waals surface area contributed by atoms with E-state index >= 15 is 0 Å². The maximum absolute atomic E-state index is 12.4. The Labute approximate surface area is 130 Å². The first kappa shape index (κ1) is 13.6. The van der Waals surface area contributed by atoms with E-state index in [9.17, 15) is 4.79 Å². The van der Waals surface area contributed by atoms with Gasteiger partial charge in [-0.3, -0.25) is 4.79 Å². The Morgan fingerprint density at radius 2 is 2.05 bits per heavy atom. The van der Waals surface area contributed by atoms with Gasteiger partial charge in [-0.2, -0.15) is 0 Å². The third kappa shape index (κ3) is 2.23. The molecule has 1 amide bonds. The second-order valence-electron chi connectivity index (χ2n) is 6.37. The Balaban J connectivity index is 1.50. The van der Waals surface area contributed by atoms with Crippen molar-refractivity contribution >= 4 is 5.91 Å². The van der Waals surface area contributed by atoms with Crippen LogP contribution in [0.1, 0.15) is 43.7 Å². The van der Waals surface area contributed by atoms with Crippen molar-refractivity contribution in [1.29, 1.82) is 0 Å². The van der Waals surface area contributed by atoms with Gasteiger partial charge in [-0.15, -0.1) is 0 Å². The average molecular weight is 295 g/mol. The van der Waals surface area contributed by atoms with Crippen LogP contribution in [-0.4, -0.2) is 22.0 Å². The molecule has 1 atom stereocenters. The number of hydrogen-bond acceptors (Lipinski definition) is 2. The zero-order valence-corrected chi connectivity index (χ0v) is 12.7. The summed E-state index contributed by atoms with van der Waals surface area (Å²) >= 11 is 0. The van der Waals surface area contributed by atoms with E-state index in [1.54, 1.807) is 0 Å². The minimum absolute atomic E-state index is 0.168. The number of benzene rings is 1. The van der Waals surface area contributed by atoms with Crippen LogP contribution in [0.2, 0.25) is 0 Å². The molecule has 4 heteroatoms. The molecule has 1 aliphatic carbocycles. The molecule has 2 aromatic rings. The number of rotatable bonds is 3. The van der Waals surface area contributed by atoms with E-state index in [1.807, 2.05) is 12.5 Å². The fourth-order valence-corrected chi connectivity index (χ4v) is 3.85. The van der Waals surface area contributed by atoms with Gasteiger partial charge in [0.15, 0.2) is 0 Å². The van der Waals surface area contributed by atoms with E-state index in [0.717, 1.165) is 18.5 Å². The first-order valence-corrected chi connectivity index (χ1v) is 8.23. The molecule has 1 saturated carbocycles. The van der Waals surface area contributed by atoms with Crippen LogP contribution in [0, 0.1) is 5.92 Å². The molecule has 22 heavy (non-hydrogen) atoms. The zero-order valence-electron chi connectivity index (χ0n) is 12.7. The van der Waals surface area contributed by atoms with Crippen LogP contribution in [0.25, 0.3) is 11.3 Å². The molecule has 0 spiro atoms. The quantitative estimate of drug-likeness (QED) is 0.945. The summed E-state index contributed by atoms with van der Waals surface area (Å²) in [5, 5.41) is 3.18. The number of carbonyl (C=O) groups is 1. The standard InChI is InChI=1S/C18H21N3O/c22-18(13-6-2-1-3-7-13)20-11-17-15-9-5-4-8-14(15)16-10-19-12-21(16)17/h4-5,8-10,12-13,17H,1-3,6-7,11H2,(H,20,22)/t17-/m1/s1. The molecule has 0 radical (unpaired) electrons. The van der Waals surface area contributed by atoms with E-state index in [-0.39, 0.29) is 17.9 Å². The largest absolute Gasteiger partial charge is 0.353 e. The molecule has 114 valence electrons. The van der Waals surface area contributed by atoms with Crippen molar-refractivity contribution in [1.82, 2.24) is 14.9 Å². The van der Waals surface area contributed by atoms with Crippen molar-refractivity contribution in [2.75, 3.05) is 6.54 Å². The SMILES string of the molecule is O=C(NC[C@@H]1c2ccccc2-c2cncn21)C1CCCCC1. The number of aromatic nitrogens is 2. The van der Waals surface area contributed by atoms with E-state index in [4.69, 9.17) is 0 Å². The lowest BCUT2D eigenvalue weighted by molar-refractivity contribution is -0.126. The molecule has 0 saturated heterocycles. The molecule has 2 heterocycles. The van der Waals surface area contributed by atoms with Gasteiger partial charge < -0.3 is 9.88 Å². The van der Waals surface area contributed by atoms with Gasteiger partial charge in [0, 0.05) is 18.0 Å². The summed E-state index contributed by atoms with van der Waals surface area (Å²) in [6.45, 7) is 0.649. The lowest BCUT2D eigenvalue weighted by Gasteiger charge is -2.22. The number of hydrogen-bond donors (Lipinski definition) is 1. The summed E-state index contributed by atoms with van der Waals surface area (Å²) in [6, 6.07) is 8.57. The molecule has 0 bridgehead atoms. The van der Waals surface area contributed by atoms with Crippen molar-refractivity contribution in [2.24, 2.45) is 5.92 Å². The second-order valence-corrected chi connectivity index (χ2v) is 6.37. The summed E-state index contributed by atoms with van der Waals surface area (Å²) in [4.78, 5) is 16.6. The van der Waals surface area contributed by atoms with Crippen molar-refractivity contribution in [3.63, 3.8) is 0 Å². The second kappa shape index (κ2) is 5.59. The van der Waals surface area contributed by atoms with Gasteiger partial charge in [0.25, 0.3) is 0 Å². The molecule has 1 aliphatic heterocycles. The van der Waals surface area contributed by atoms with Gasteiger partial charge in [-0.1, -0.05) is 43.5 Å². The average Bonchev–Trinajstić information content (AvgIpc) is 3.15. The van der Waals surface area contributed by atoms with Gasteiger partial charge in [0.1, 0.15) is 0 Å². The molecule has 4 rings (SSSR count). The van der Waals surface area contributed by atoms with Crippen LogP contribution in [0.3, 0.4) is 0 Å². The summed E-state index contributed by atoms with van der Waals surface area (Å²) < 4.78 is 2.17. The topological polar surface area (TPSA) is 46.9 Å². The van der Waals surface area contributed by atoms with Crippen LogP contribution in [0.15, 0.2) is 36.8 Å². The number of carbonyl (C=O) groups excluding carboxylic acids is 1. The first-order chi connectivity index (χ1) is 10.8. The van der Waals surface area contributed by atoms with Gasteiger partial charge in [0.2, 0.25) is 5.91 Å². The van der Waals surface area contributed by atoms with Gasteiger partial charge >= 0.3 is 0 Å². The van der Waals surface area contributed by atoms with E-state index in [1.165, 1.54) is 30.4 Å². The molecule has 2 aliphatic rings. The first-order valence-electron chi connectivity index (χ1n) is 8.23. The number of imidazole rings is 1. The van der Waals surface area contributed by atoms with Crippen LogP contribution < -0.4 is 5.32 Å². The number of fused-ring (bicyclic) bond motifs is 3. The maximum Gasteiger partial charge on any atom is 0.223 e. The molecule has 1 aromatic heterocycles. The fourth-order valence-electron chi connectivity index (χ4n) is 3.85. The fraction of sp³-hybridized carbons (Fsp3) is 0.444. The smallest absolute Gasteiger partial charge is 0.223 e. The van der Waals surface area contributed by atoms with Crippen molar-refractivity contribution in [2.45, 2.75) is 38.1 Å². The Morgan fingerprint density at radius 3 is 2.91 bits per heavy atom. The van der Waals surface area contributed by atoms with Gasteiger partial charge in [0.05, 0.1) is 24.3 Å². The molecular formula is C18H21N3O. The Hall–Kier alpha value is -2.10. The molecule has 0 unspecified atom stereocenters. The van der Waals surface area contributed by atoms with E-state index in [2.05, 4.69) is 39.1 Å². The molecular weight excluding hydrogens is 274 g/mol. The lowest BCUT2D eigenvalue weighted by atomic mass is 9.88. The number of nitrogens with one attached hydrogen (secondary N) is 1. The van der Waals surface area contributed by atoms with Crippen LogP contribution in [-0.2, 0) is 4.79 Å². The summed E-state index contributed by atoms with van der Waals surface area (Å²) in [5.74, 6) is 0.443. The van der Waals surface area contributed by atoms with Crippen molar-refractivity contribution in [3.05, 3.63) is 42.4 Å². The van der Waals surface area contributed by atoms with E-state index < -0.39 is 0 Å². The van der Waals surface area contributed by atoms with Crippen molar-refractivity contribution in [3.8, 4) is 11.3 Å². The minimum atomic E-state index is 0.168. The third-order valence-corrected chi connectivity index (χ3v) is 5.04. The summed E-state index contributed by atoms with van der Waals surface area (Å²) in [5.41, 5.74) is 3.66. The number of nitrogens with zero attached hydrogens (tertiary/aromatic N) is 2. The normalized spacial score (nSPS) is 20.5. The minimum Gasteiger partial charge on any atom is -0.353 e. The molecule has 4 nitrogen and oxygen atoms in total. The van der Waals surface area contributed by atoms with Crippen molar-refractivity contribution < 1.29 is 4.79 Å². The highest BCUT2D eigenvalue weighted by Crippen LogP contribution is 2.38. The summed E-state index contributed by atoms with van der Waals surface area (Å²) in [7, 11) is 0. The predicted octanol–water partition coefficient (Wildman–Crippen LogP) is 3.15. The Bertz CT molecular complexity index is 685. The van der Waals surface area contributed by atoms with E-state index in [0.29, 0.717) is 6.54 Å². The third-order valence-electron chi connectivity index (χ3n) is 5.04. The van der Waals surface area contributed by atoms with Crippen LogP contribution >= 0.6 is 0 Å². The molecule has 1 aromatic carbocycles. The highest BCUT2D eigenvalue weighted by atomic mass is 16.1. The maximum atomic E-state index is 12.4. The lowest BCUT2D eigenvalue weighted by Crippen LogP contribution is -2.35. The molecule has 1 fully saturated rings. The predicted molar refractivity (Wildman–Crippen MR) is 85.4 cm³/mol. The Morgan fingerprint density at radius 1 is 1.23 bits per heavy atom. The van der Waals surface area contributed by atoms with Gasteiger partial charge in [-0.25, -0.2) is 4.98 Å². The highest BCUT2D eigenvalue weighted by molar-refractivity contribution is 5.79. The monoisotopic (exact) mass is 295 g/mol. The van der Waals surface area contributed by atoms with Crippen LogP contribution in [0.5, 0.6) is 0 Å². The molecule has 1 N–H and O–H groups in total. The van der Waals surface area contributed by atoms with Gasteiger partial charge in [-0.05, 0) is 18.4 Å². The van der Waals surface area contributed by atoms with Crippen LogP contribution in [0.4, 0.5) is 0 Å². The summed E-state index contributed by atoms with van der Waals surface area (Å²) in [6.07, 6.45) is 9.52. The Kier molecular flexibility index (Phi) is 3.45. The number of amides is 1. The highest BCUT2D eigenvalue weighted by Gasteiger charge is 2.29. The zero-order chi connectivity index (χ0) is 14.9.